The van der Waals surface area contributed by atoms with Gasteiger partial charge in [-0.2, -0.15) is 18.2 Å². The van der Waals surface area contributed by atoms with Crippen LogP contribution in [-0.4, -0.2) is 45.8 Å². The molecule has 0 spiro atoms. The van der Waals surface area contributed by atoms with Crippen molar-refractivity contribution in [2.45, 2.75) is 31.1 Å². The number of hydrogen-bond acceptors (Lipinski definition) is 7. The fourth-order valence-corrected chi connectivity index (χ4v) is 4.61. The maximum atomic E-state index is 13.6. The van der Waals surface area contributed by atoms with Gasteiger partial charge in [0.05, 0.1) is 5.02 Å². The number of aromatic nitrogens is 2. The number of benzene rings is 2. The van der Waals surface area contributed by atoms with Crippen molar-refractivity contribution in [1.29, 1.82) is 0 Å². The van der Waals surface area contributed by atoms with Crippen molar-refractivity contribution in [2.75, 3.05) is 21.8 Å². The average molecular weight is 549 g/mol. The molecule has 2 aliphatic heterocycles. The van der Waals surface area contributed by atoms with Gasteiger partial charge in [-0.1, -0.05) is 23.7 Å². The zero-order chi connectivity index (χ0) is 27.0. The molecule has 1 aromatic heterocycles. The van der Waals surface area contributed by atoms with Gasteiger partial charge in [0.15, 0.2) is 5.82 Å². The number of hydrazine groups is 1. The van der Waals surface area contributed by atoms with Crippen LogP contribution in [0.15, 0.2) is 60.9 Å². The summed E-state index contributed by atoms with van der Waals surface area (Å²) in [5.41, 5.74) is 4.40. The molecule has 3 N–H and O–H groups in total. The third-order valence-electron chi connectivity index (χ3n) is 6.26. The lowest BCUT2D eigenvalue weighted by molar-refractivity contribution is -0.143. The molecule has 0 aliphatic carbocycles. The quantitative estimate of drug-likeness (QED) is 0.348. The highest BCUT2D eigenvalue weighted by Crippen LogP contribution is 2.36. The molecule has 2 atom stereocenters. The predicted octanol–water partition coefficient (Wildman–Crippen LogP) is 5.50. The highest BCUT2D eigenvalue weighted by atomic mass is 35.5. The number of aliphatic carboxylic acids is 1. The van der Waals surface area contributed by atoms with Crippen molar-refractivity contribution in [2.24, 2.45) is 0 Å². The van der Waals surface area contributed by atoms with Gasteiger partial charge in [-0.15, -0.1) is 0 Å². The first-order valence-electron chi connectivity index (χ1n) is 11.6. The Kier molecular flexibility index (Phi) is 6.84. The summed E-state index contributed by atoms with van der Waals surface area (Å²) in [6.45, 7) is 0.566. The van der Waals surface area contributed by atoms with Crippen LogP contribution in [0.3, 0.4) is 0 Å². The van der Waals surface area contributed by atoms with E-state index >= 15 is 0 Å². The first-order valence-corrected chi connectivity index (χ1v) is 12.0. The van der Waals surface area contributed by atoms with Gasteiger partial charge < -0.3 is 15.3 Å². The summed E-state index contributed by atoms with van der Waals surface area (Å²) in [5.74, 6) is -1.37. The summed E-state index contributed by atoms with van der Waals surface area (Å²) in [7, 11) is 0. The van der Waals surface area contributed by atoms with E-state index in [9.17, 15) is 27.5 Å². The van der Waals surface area contributed by atoms with E-state index in [1.54, 1.807) is 29.2 Å². The Morgan fingerprint density at radius 2 is 2.03 bits per heavy atom. The topological polar surface area (TPSA) is 93.6 Å². The Hall–Kier alpha value is -3.90. The van der Waals surface area contributed by atoms with Gasteiger partial charge in [-0.25, -0.2) is 19.6 Å². The van der Waals surface area contributed by atoms with Gasteiger partial charge >= 0.3 is 12.1 Å². The fraction of sp³-hybridized carbons (Fsp3) is 0.240. The molecule has 0 saturated carbocycles. The summed E-state index contributed by atoms with van der Waals surface area (Å²) < 4.78 is 53.6. The number of nitrogens with zero attached hydrogens (tertiary/aromatic N) is 4. The summed E-state index contributed by atoms with van der Waals surface area (Å²) in [5, 5.41) is 13.5. The number of carbonyl (C=O) groups is 1. The maximum absolute atomic E-state index is 13.6. The van der Waals surface area contributed by atoms with E-state index < -0.39 is 30.0 Å². The lowest BCUT2D eigenvalue weighted by Gasteiger charge is -2.25. The summed E-state index contributed by atoms with van der Waals surface area (Å²) >= 11 is 5.85. The smallest absolute Gasteiger partial charge is 0.409 e. The van der Waals surface area contributed by atoms with Crippen LogP contribution in [0.5, 0.6) is 0 Å². The number of alkyl halides is 3. The molecule has 8 nitrogen and oxygen atoms in total. The Morgan fingerprint density at radius 1 is 1.21 bits per heavy atom. The van der Waals surface area contributed by atoms with Crippen LogP contribution in [-0.2, 0) is 4.79 Å². The highest BCUT2D eigenvalue weighted by molar-refractivity contribution is 6.31. The van der Waals surface area contributed by atoms with E-state index in [-0.39, 0.29) is 16.8 Å². The van der Waals surface area contributed by atoms with Crippen molar-refractivity contribution in [3.63, 3.8) is 0 Å². The van der Waals surface area contributed by atoms with E-state index in [1.165, 1.54) is 24.5 Å². The Bertz CT molecular complexity index is 1400. The van der Waals surface area contributed by atoms with E-state index in [1.807, 2.05) is 0 Å². The van der Waals surface area contributed by atoms with E-state index in [4.69, 9.17) is 11.6 Å². The lowest BCUT2D eigenvalue weighted by Crippen LogP contribution is -2.44. The molecule has 2 aliphatic rings. The van der Waals surface area contributed by atoms with Crippen LogP contribution < -0.4 is 20.7 Å². The molecule has 0 amide bonds. The molecule has 1 unspecified atom stereocenters. The monoisotopic (exact) mass is 548 g/mol. The molecule has 0 radical (unpaired) electrons. The van der Waals surface area contributed by atoms with Crippen LogP contribution in [0.25, 0.3) is 11.1 Å². The molecular formula is C25H21ClF4N6O2. The number of halogens is 5. The first kappa shape index (κ1) is 25.7. The van der Waals surface area contributed by atoms with E-state index in [0.29, 0.717) is 35.5 Å². The number of carboxylic acid groups (broad SMARTS) is 1. The van der Waals surface area contributed by atoms with Crippen molar-refractivity contribution >= 4 is 40.7 Å². The third kappa shape index (κ3) is 5.22. The summed E-state index contributed by atoms with van der Waals surface area (Å²) in [4.78, 5) is 22.2. The zero-order valence-electron chi connectivity index (χ0n) is 19.6. The molecule has 0 bridgehead atoms. The number of nitrogens with one attached hydrogen (secondary N) is 2. The fourth-order valence-electron chi connectivity index (χ4n) is 4.43. The Balaban J connectivity index is 1.52. The normalized spacial score (nSPS) is 19.3. The molecule has 198 valence electrons. The minimum absolute atomic E-state index is 0.0405. The highest BCUT2D eigenvalue weighted by Gasteiger charge is 2.41. The molecule has 3 heterocycles. The minimum atomic E-state index is -4.52. The number of hydrogen-bond donors (Lipinski definition) is 3. The second-order valence-electron chi connectivity index (χ2n) is 8.78. The number of carboxylic acids is 1. The van der Waals surface area contributed by atoms with E-state index in [0.717, 1.165) is 23.6 Å². The van der Waals surface area contributed by atoms with Crippen molar-refractivity contribution in [3.8, 4) is 11.1 Å². The van der Waals surface area contributed by atoms with Gasteiger partial charge in [-0.05, 0) is 54.8 Å². The Morgan fingerprint density at radius 3 is 2.74 bits per heavy atom. The molecule has 38 heavy (non-hydrogen) atoms. The lowest BCUT2D eigenvalue weighted by atomic mass is 10.1. The maximum Gasteiger partial charge on any atom is 0.409 e. The van der Waals surface area contributed by atoms with Gasteiger partial charge in [0, 0.05) is 35.9 Å². The van der Waals surface area contributed by atoms with Crippen LogP contribution in [0.4, 0.5) is 40.7 Å². The molecule has 2 aromatic carbocycles. The van der Waals surface area contributed by atoms with Gasteiger partial charge in [-0.3, -0.25) is 5.01 Å². The Labute approximate surface area is 219 Å². The van der Waals surface area contributed by atoms with Crippen molar-refractivity contribution in [1.82, 2.24) is 15.4 Å². The van der Waals surface area contributed by atoms with Crippen molar-refractivity contribution in [3.05, 3.63) is 71.8 Å². The first-order chi connectivity index (χ1) is 18.1. The largest absolute Gasteiger partial charge is 0.480 e. The third-order valence-corrected chi connectivity index (χ3v) is 6.55. The van der Waals surface area contributed by atoms with Gasteiger partial charge in [0.1, 0.15) is 17.9 Å². The number of anilines is 4. The molecule has 3 aromatic rings. The minimum Gasteiger partial charge on any atom is -0.480 e. The zero-order valence-corrected chi connectivity index (χ0v) is 20.3. The predicted molar refractivity (Wildman–Crippen MR) is 135 cm³/mol. The summed E-state index contributed by atoms with van der Waals surface area (Å²) in [6, 6.07) is 8.37. The van der Waals surface area contributed by atoms with Crippen molar-refractivity contribution < 1.29 is 27.5 Å². The second-order valence-corrected chi connectivity index (χ2v) is 9.19. The van der Waals surface area contributed by atoms with Crippen LogP contribution in [0.1, 0.15) is 12.8 Å². The molecular weight excluding hydrogens is 528 g/mol. The van der Waals surface area contributed by atoms with Gasteiger partial charge in [0.25, 0.3) is 0 Å². The second kappa shape index (κ2) is 10.1. The van der Waals surface area contributed by atoms with E-state index in [2.05, 4.69) is 20.7 Å². The van der Waals surface area contributed by atoms with Gasteiger partial charge in [0.2, 0.25) is 5.95 Å². The molecule has 1 fully saturated rings. The molecule has 1 saturated heterocycles. The van der Waals surface area contributed by atoms with Crippen LogP contribution >= 0.6 is 11.6 Å². The standard InChI is InChI=1S/C25H21ClF4N6O2/c26-18-12-15(6-7-19(18)27)32-24-31-13-17(22(33-24)36-10-8-21(34-36)25(28,29)30)14-3-1-4-16(11-14)35-9-2-5-20(35)23(37)38/h1,3-4,6-8,10-13,20-21,34H,2,5,9H2,(H,37,38)(H,31,32,33)/t20-,21?/m1/s1. The molecule has 13 heteroatoms. The SMILES string of the molecule is O=C(O)[C@H]1CCCN1c1cccc(-c2cnc(Nc3ccc(F)c(Cl)c3)nc2N2C=CC(C(F)(F)F)N2)c1. The average Bonchev–Trinajstić information content (AvgIpc) is 3.57. The van der Waals surface area contributed by atoms with Crippen LogP contribution in [0, 0.1) is 5.82 Å². The number of rotatable bonds is 6. The van der Waals surface area contributed by atoms with Crippen LogP contribution in [0.2, 0.25) is 5.02 Å². The summed E-state index contributed by atoms with van der Waals surface area (Å²) in [6.07, 6.45) is 0.369. The molecule has 5 rings (SSSR count).